The minimum atomic E-state index is -0.0477. The number of hydrogen-bond acceptors (Lipinski definition) is 5. The van der Waals surface area contributed by atoms with Crippen molar-refractivity contribution < 1.29 is 4.79 Å². The minimum absolute atomic E-state index is 0.0223. The summed E-state index contributed by atoms with van der Waals surface area (Å²) >= 11 is 1.53. The molecule has 23 heavy (non-hydrogen) atoms. The van der Waals surface area contributed by atoms with Gasteiger partial charge in [-0.05, 0) is 50.6 Å². The molecule has 0 aliphatic heterocycles. The quantitative estimate of drug-likeness (QED) is 0.651. The second-order valence-corrected chi connectivity index (χ2v) is 6.21. The highest BCUT2D eigenvalue weighted by Crippen LogP contribution is 2.17. The number of rotatable bonds is 6. The fraction of sp³-hybridized carbons (Fsp3) is 0.412. The Morgan fingerprint density at radius 3 is 2.57 bits per heavy atom. The Morgan fingerprint density at radius 2 is 2.00 bits per heavy atom. The molecule has 0 saturated heterocycles. The molecule has 1 atom stereocenters. The number of thioether (sulfide) groups is 1. The summed E-state index contributed by atoms with van der Waals surface area (Å²) in [5.41, 5.74) is 3.97. The predicted molar refractivity (Wildman–Crippen MR) is 92.4 cm³/mol. The van der Waals surface area contributed by atoms with Gasteiger partial charge < -0.3 is 5.32 Å². The van der Waals surface area contributed by atoms with Gasteiger partial charge in [0.2, 0.25) is 5.91 Å². The Balaban J connectivity index is 1.95. The molecule has 0 saturated carbocycles. The van der Waals surface area contributed by atoms with Crippen molar-refractivity contribution in [1.82, 2.24) is 20.3 Å². The van der Waals surface area contributed by atoms with E-state index in [0.717, 1.165) is 27.7 Å². The molecule has 1 amide bonds. The van der Waals surface area contributed by atoms with Gasteiger partial charge in [0, 0.05) is 30.2 Å². The Bertz CT molecular complexity index is 653. The van der Waals surface area contributed by atoms with Crippen LogP contribution in [0.1, 0.15) is 41.9 Å². The number of nitrogens with zero attached hydrogens (tertiary/aromatic N) is 3. The van der Waals surface area contributed by atoms with Crippen LogP contribution in [0.4, 0.5) is 0 Å². The molecule has 0 aliphatic rings. The van der Waals surface area contributed by atoms with Gasteiger partial charge in [-0.15, -0.1) is 0 Å². The van der Waals surface area contributed by atoms with Gasteiger partial charge in [0.15, 0.2) is 5.16 Å². The fourth-order valence-corrected chi connectivity index (χ4v) is 2.89. The molecule has 1 N–H and O–H groups in total. The monoisotopic (exact) mass is 330 g/mol. The highest BCUT2D eigenvalue weighted by atomic mass is 32.2. The second kappa shape index (κ2) is 8.06. The van der Waals surface area contributed by atoms with E-state index in [9.17, 15) is 4.79 Å². The summed E-state index contributed by atoms with van der Waals surface area (Å²) in [4.78, 5) is 25.1. The summed E-state index contributed by atoms with van der Waals surface area (Å²) in [6.07, 6.45) is 6.53. The number of carbonyl (C=O) groups excluding carboxylic acids is 1. The van der Waals surface area contributed by atoms with Crippen LogP contribution in [-0.4, -0.2) is 27.1 Å². The van der Waals surface area contributed by atoms with Crippen molar-refractivity contribution in [1.29, 1.82) is 0 Å². The molecule has 0 fully saturated rings. The highest BCUT2D eigenvalue weighted by Gasteiger charge is 2.13. The maximum Gasteiger partial charge on any atom is 0.220 e. The number of aryl methyl sites for hydroxylation is 2. The SMILES string of the molecule is CSc1nc(C)c(CCC(=O)NC(C)c2cccnc2)c(C)n1. The largest absolute Gasteiger partial charge is 0.350 e. The molecule has 122 valence electrons. The van der Waals surface area contributed by atoms with Crippen molar-refractivity contribution in [3.05, 3.63) is 47.0 Å². The van der Waals surface area contributed by atoms with Crippen molar-refractivity contribution in [3.63, 3.8) is 0 Å². The Kier molecular flexibility index (Phi) is 6.10. The standard InChI is InChI=1S/C17H22N4OS/c1-11(14-6-5-9-18-10-14)19-16(22)8-7-15-12(2)20-17(23-4)21-13(15)3/h5-6,9-11H,7-8H2,1-4H3,(H,19,22). The molecule has 2 aromatic heterocycles. The zero-order chi connectivity index (χ0) is 16.8. The first-order chi connectivity index (χ1) is 11.0. The highest BCUT2D eigenvalue weighted by molar-refractivity contribution is 7.98. The first-order valence-electron chi connectivity index (χ1n) is 7.58. The van der Waals surface area contributed by atoms with E-state index >= 15 is 0 Å². The molecule has 0 spiro atoms. The van der Waals surface area contributed by atoms with E-state index in [4.69, 9.17) is 0 Å². The normalized spacial score (nSPS) is 12.0. The number of aromatic nitrogens is 3. The van der Waals surface area contributed by atoms with Crippen LogP contribution in [-0.2, 0) is 11.2 Å². The third kappa shape index (κ3) is 4.76. The van der Waals surface area contributed by atoms with Gasteiger partial charge >= 0.3 is 0 Å². The van der Waals surface area contributed by atoms with E-state index < -0.39 is 0 Å². The van der Waals surface area contributed by atoms with Crippen LogP contribution in [0.3, 0.4) is 0 Å². The first kappa shape index (κ1) is 17.4. The van der Waals surface area contributed by atoms with Crippen LogP contribution in [0.25, 0.3) is 0 Å². The lowest BCUT2D eigenvalue weighted by molar-refractivity contribution is -0.121. The van der Waals surface area contributed by atoms with E-state index in [0.29, 0.717) is 12.8 Å². The summed E-state index contributed by atoms with van der Waals surface area (Å²) < 4.78 is 0. The van der Waals surface area contributed by atoms with E-state index in [1.807, 2.05) is 39.2 Å². The third-order valence-electron chi connectivity index (χ3n) is 3.75. The summed E-state index contributed by atoms with van der Waals surface area (Å²) in [7, 11) is 0. The van der Waals surface area contributed by atoms with Crippen molar-refractivity contribution >= 4 is 17.7 Å². The smallest absolute Gasteiger partial charge is 0.220 e. The molecular formula is C17H22N4OS. The molecule has 1 unspecified atom stereocenters. The van der Waals surface area contributed by atoms with Gasteiger partial charge in [-0.1, -0.05) is 17.8 Å². The van der Waals surface area contributed by atoms with Crippen LogP contribution in [0.5, 0.6) is 0 Å². The molecule has 2 rings (SSSR count). The van der Waals surface area contributed by atoms with Crippen molar-refractivity contribution in [2.45, 2.75) is 44.8 Å². The van der Waals surface area contributed by atoms with E-state index in [1.165, 1.54) is 11.8 Å². The lowest BCUT2D eigenvalue weighted by Gasteiger charge is -2.14. The zero-order valence-corrected chi connectivity index (χ0v) is 14.8. The van der Waals surface area contributed by atoms with Crippen molar-refractivity contribution in [3.8, 4) is 0 Å². The van der Waals surface area contributed by atoms with Crippen LogP contribution < -0.4 is 5.32 Å². The fourth-order valence-electron chi connectivity index (χ4n) is 2.43. The van der Waals surface area contributed by atoms with Gasteiger partial charge in [0.1, 0.15) is 0 Å². The topological polar surface area (TPSA) is 67.8 Å². The first-order valence-corrected chi connectivity index (χ1v) is 8.81. The van der Waals surface area contributed by atoms with Gasteiger partial charge in [-0.2, -0.15) is 0 Å². The van der Waals surface area contributed by atoms with E-state index in [-0.39, 0.29) is 11.9 Å². The lowest BCUT2D eigenvalue weighted by Crippen LogP contribution is -2.27. The average molecular weight is 330 g/mol. The molecule has 0 aliphatic carbocycles. The maximum atomic E-state index is 12.2. The number of pyridine rings is 1. The summed E-state index contributed by atoms with van der Waals surface area (Å²) in [5, 5.41) is 3.78. The molecule has 2 heterocycles. The second-order valence-electron chi connectivity index (χ2n) is 5.44. The van der Waals surface area contributed by atoms with Gasteiger partial charge in [0.25, 0.3) is 0 Å². The Hall–Kier alpha value is -1.95. The molecule has 6 heteroatoms. The van der Waals surface area contributed by atoms with Gasteiger partial charge in [0.05, 0.1) is 6.04 Å². The maximum absolute atomic E-state index is 12.2. The van der Waals surface area contributed by atoms with E-state index in [2.05, 4.69) is 20.3 Å². The lowest BCUT2D eigenvalue weighted by atomic mass is 10.1. The van der Waals surface area contributed by atoms with Crippen molar-refractivity contribution in [2.75, 3.05) is 6.26 Å². The van der Waals surface area contributed by atoms with Crippen LogP contribution >= 0.6 is 11.8 Å². The number of amides is 1. The Morgan fingerprint density at radius 1 is 1.30 bits per heavy atom. The van der Waals surface area contributed by atoms with Crippen LogP contribution in [0.2, 0.25) is 0 Å². The number of carbonyl (C=O) groups is 1. The molecule has 0 aromatic carbocycles. The van der Waals surface area contributed by atoms with Gasteiger partial charge in [-0.25, -0.2) is 9.97 Å². The molecule has 0 radical (unpaired) electrons. The summed E-state index contributed by atoms with van der Waals surface area (Å²) in [6, 6.07) is 3.78. The zero-order valence-electron chi connectivity index (χ0n) is 14.0. The molecule has 0 bridgehead atoms. The third-order valence-corrected chi connectivity index (χ3v) is 4.29. The molecule has 2 aromatic rings. The Labute approximate surface area is 141 Å². The molecular weight excluding hydrogens is 308 g/mol. The van der Waals surface area contributed by atoms with Crippen LogP contribution in [0.15, 0.2) is 29.7 Å². The summed E-state index contributed by atoms with van der Waals surface area (Å²) in [6.45, 7) is 5.90. The summed E-state index contributed by atoms with van der Waals surface area (Å²) in [5.74, 6) is 0.0223. The van der Waals surface area contributed by atoms with Gasteiger partial charge in [-0.3, -0.25) is 9.78 Å². The number of hydrogen-bond donors (Lipinski definition) is 1. The molecule has 5 nitrogen and oxygen atoms in total. The minimum Gasteiger partial charge on any atom is -0.350 e. The average Bonchev–Trinajstić information content (AvgIpc) is 2.54. The van der Waals surface area contributed by atoms with E-state index in [1.54, 1.807) is 12.4 Å². The van der Waals surface area contributed by atoms with Crippen molar-refractivity contribution in [2.24, 2.45) is 0 Å². The predicted octanol–water partition coefficient (Wildman–Crippen LogP) is 3.02. The number of nitrogens with one attached hydrogen (secondary N) is 1. The van der Waals surface area contributed by atoms with Crippen LogP contribution in [0, 0.1) is 13.8 Å².